The number of nitrogens with zero attached hydrogens (tertiary/aromatic N) is 2. The normalized spacial score (nSPS) is 10.9. The van der Waals surface area contributed by atoms with Crippen molar-refractivity contribution in [3.05, 3.63) is 70.3 Å². The molecule has 110 valence electrons. The molecule has 22 heavy (non-hydrogen) atoms. The predicted molar refractivity (Wildman–Crippen MR) is 81.1 cm³/mol. The molecule has 0 atom stereocenters. The van der Waals surface area contributed by atoms with Crippen molar-refractivity contribution < 1.29 is 9.18 Å². The zero-order chi connectivity index (χ0) is 15.9. The number of pyridine rings is 1. The molecule has 2 aromatic rings. The fourth-order valence-electron chi connectivity index (χ4n) is 1.71. The second-order valence-electron chi connectivity index (χ2n) is 4.31. The number of carbonyl (C=O) groups is 1. The van der Waals surface area contributed by atoms with Gasteiger partial charge in [0.05, 0.1) is 17.3 Å². The minimum atomic E-state index is -0.618. The molecule has 0 bridgehead atoms. The molecule has 0 aliphatic rings. The zero-order valence-corrected chi connectivity index (χ0v) is 12.1. The summed E-state index contributed by atoms with van der Waals surface area (Å²) in [5.41, 5.74) is 0.425. The number of rotatable bonds is 4. The van der Waals surface area contributed by atoms with Crippen LogP contribution < -0.4 is 5.32 Å². The number of carbonyl (C=O) groups excluding carboxylic acids is 1. The third-order valence-corrected chi connectivity index (χ3v) is 3.14. The van der Waals surface area contributed by atoms with Gasteiger partial charge in [-0.05, 0) is 30.3 Å². The Labute approximate surface area is 131 Å². The molecule has 0 spiro atoms. The van der Waals surface area contributed by atoms with E-state index in [0.29, 0.717) is 5.69 Å². The first-order valence-electron chi connectivity index (χ1n) is 6.35. The second-order valence-corrected chi connectivity index (χ2v) is 4.72. The molecule has 0 saturated heterocycles. The highest BCUT2D eigenvalue weighted by Gasteiger charge is 2.12. The van der Waals surface area contributed by atoms with Gasteiger partial charge in [0, 0.05) is 11.8 Å². The van der Waals surface area contributed by atoms with Crippen molar-refractivity contribution in [2.75, 3.05) is 0 Å². The standard InChI is InChI=1S/C16H11ClFN3O/c17-14-5-3-6-15(18)13(14)8-11(9-19)16(22)21-10-12-4-1-2-7-20-12/h1-8H,10H2,(H,21,22)/b11-8+. The summed E-state index contributed by atoms with van der Waals surface area (Å²) in [7, 11) is 0. The Bertz CT molecular complexity index is 733. The molecule has 1 amide bonds. The van der Waals surface area contributed by atoms with E-state index in [1.54, 1.807) is 30.5 Å². The Morgan fingerprint density at radius 2 is 2.18 bits per heavy atom. The zero-order valence-electron chi connectivity index (χ0n) is 11.4. The fraction of sp³-hybridized carbons (Fsp3) is 0.0625. The van der Waals surface area contributed by atoms with Gasteiger partial charge in [-0.3, -0.25) is 9.78 Å². The van der Waals surface area contributed by atoms with Crippen LogP contribution in [0, 0.1) is 17.1 Å². The first-order valence-corrected chi connectivity index (χ1v) is 6.73. The Morgan fingerprint density at radius 1 is 1.36 bits per heavy atom. The van der Waals surface area contributed by atoms with E-state index in [4.69, 9.17) is 16.9 Å². The average molecular weight is 316 g/mol. The van der Waals surface area contributed by atoms with Gasteiger partial charge in [0.2, 0.25) is 0 Å². The van der Waals surface area contributed by atoms with E-state index in [1.807, 2.05) is 0 Å². The second kappa shape index (κ2) is 7.34. The number of nitrogens with one attached hydrogen (secondary N) is 1. The van der Waals surface area contributed by atoms with Crippen LogP contribution >= 0.6 is 11.6 Å². The average Bonchev–Trinajstić information content (AvgIpc) is 2.53. The summed E-state index contributed by atoms with van der Waals surface area (Å²) >= 11 is 5.87. The summed E-state index contributed by atoms with van der Waals surface area (Å²) in [6.45, 7) is 0.170. The number of nitriles is 1. The molecule has 6 heteroatoms. The van der Waals surface area contributed by atoms with Crippen LogP contribution in [0.25, 0.3) is 6.08 Å². The van der Waals surface area contributed by atoms with E-state index in [2.05, 4.69) is 10.3 Å². The van der Waals surface area contributed by atoms with Crippen LogP contribution in [0.4, 0.5) is 4.39 Å². The number of hydrogen-bond acceptors (Lipinski definition) is 3. The highest BCUT2D eigenvalue weighted by molar-refractivity contribution is 6.32. The summed E-state index contributed by atoms with van der Waals surface area (Å²) in [6.07, 6.45) is 2.73. The molecule has 0 saturated carbocycles. The summed E-state index contributed by atoms with van der Waals surface area (Å²) in [5.74, 6) is -1.22. The van der Waals surface area contributed by atoms with Gasteiger partial charge in [-0.2, -0.15) is 5.26 Å². The molecule has 1 aromatic carbocycles. The van der Waals surface area contributed by atoms with Crippen molar-refractivity contribution in [1.29, 1.82) is 5.26 Å². The maximum Gasteiger partial charge on any atom is 0.262 e. The molecular formula is C16H11ClFN3O. The molecule has 0 aliphatic heterocycles. The van der Waals surface area contributed by atoms with Crippen LogP contribution in [0.15, 0.2) is 48.2 Å². The van der Waals surface area contributed by atoms with Crippen LogP contribution in [0.2, 0.25) is 5.02 Å². The molecular weight excluding hydrogens is 305 g/mol. The van der Waals surface area contributed by atoms with E-state index < -0.39 is 11.7 Å². The monoisotopic (exact) mass is 315 g/mol. The van der Waals surface area contributed by atoms with E-state index in [0.717, 1.165) is 6.08 Å². The van der Waals surface area contributed by atoms with Crippen LogP contribution in [-0.4, -0.2) is 10.9 Å². The van der Waals surface area contributed by atoms with Crippen molar-refractivity contribution in [2.45, 2.75) is 6.54 Å². The van der Waals surface area contributed by atoms with Gasteiger partial charge < -0.3 is 5.32 Å². The number of aromatic nitrogens is 1. The topological polar surface area (TPSA) is 65.8 Å². The first kappa shape index (κ1) is 15.7. The minimum absolute atomic E-state index is 0.00806. The lowest BCUT2D eigenvalue weighted by Crippen LogP contribution is -2.24. The van der Waals surface area contributed by atoms with Gasteiger partial charge in [-0.1, -0.05) is 23.7 Å². The highest BCUT2D eigenvalue weighted by Crippen LogP contribution is 2.21. The predicted octanol–water partition coefficient (Wildman–Crippen LogP) is 3.10. The lowest BCUT2D eigenvalue weighted by Gasteiger charge is -2.05. The highest BCUT2D eigenvalue weighted by atomic mass is 35.5. The third-order valence-electron chi connectivity index (χ3n) is 2.81. The van der Waals surface area contributed by atoms with Gasteiger partial charge in [-0.15, -0.1) is 0 Å². The Balaban J connectivity index is 2.16. The quantitative estimate of drug-likeness (QED) is 0.696. The van der Waals surface area contributed by atoms with Gasteiger partial charge in [0.25, 0.3) is 5.91 Å². The van der Waals surface area contributed by atoms with Gasteiger partial charge in [0.15, 0.2) is 0 Å². The molecule has 2 rings (SSSR count). The number of halogens is 2. The molecule has 0 aliphatic carbocycles. The molecule has 1 aromatic heterocycles. The van der Waals surface area contributed by atoms with Gasteiger partial charge >= 0.3 is 0 Å². The van der Waals surface area contributed by atoms with Crippen LogP contribution in [0.5, 0.6) is 0 Å². The molecule has 1 heterocycles. The number of amides is 1. The van der Waals surface area contributed by atoms with Crippen molar-refractivity contribution in [2.24, 2.45) is 0 Å². The van der Waals surface area contributed by atoms with Crippen LogP contribution in [-0.2, 0) is 11.3 Å². The van der Waals surface area contributed by atoms with Crippen LogP contribution in [0.1, 0.15) is 11.3 Å². The molecule has 0 fully saturated rings. The number of benzene rings is 1. The lowest BCUT2D eigenvalue weighted by molar-refractivity contribution is -0.117. The molecule has 0 radical (unpaired) electrons. The van der Waals surface area contributed by atoms with E-state index in [9.17, 15) is 9.18 Å². The van der Waals surface area contributed by atoms with Gasteiger partial charge in [0.1, 0.15) is 17.5 Å². The largest absolute Gasteiger partial charge is 0.346 e. The maximum absolute atomic E-state index is 13.7. The summed E-state index contributed by atoms with van der Waals surface area (Å²) in [6, 6.07) is 11.2. The van der Waals surface area contributed by atoms with Gasteiger partial charge in [-0.25, -0.2) is 4.39 Å². The van der Waals surface area contributed by atoms with Crippen molar-refractivity contribution >= 4 is 23.6 Å². The summed E-state index contributed by atoms with van der Waals surface area (Å²) in [4.78, 5) is 16.0. The van der Waals surface area contributed by atoms with E-state index in [-0.39, 0.29) is 22.7 Å². The molecule has 1 N–H and O–H groups in total. The smallest absolute Gasteiger partial charge is 0.262 e. The molecule has 4 nitrogen and oxygen atoms in total. The van der Waals surface area contributed by atoms with E-state index >= 15 is 0 Å². The van der Waals surface area contributed by atoms with Crippen molar-refractivity contribution in [3.63, 3.8) is 0 Å². The molecule has 0 unspecified atom stereocenters. The summed E-state index contributed by atoms with van der Waals surface area (Å²) in [5, 5.41) is 11.8. The van der Waals surface area contributed by atoms with E-state index in [1.165, 1.54) is 18.2 Å². The Morgan fingerprint density at radius 3 is 2.82 bits per heavy atom. The summed E-state index contributed by atoms with van der Waals surface area (Å²) < 4.78 is 13.7. The SMILES string of the molecule is N#C/C(=C\c1c(F)cccc1Cl)C(=O)NCc1ccccn1. The third kappa shape index (κ3) is 3.90. The minimum Gasteiger partial charge on any atom is -0.346 e. The fourth-order valence-corrected chi connectivity index (χ4v) is 1.93. The number of hydrogen-bond donors (Lipinski definition) is 1. The van der Waals surface area contributed by atoms with Crippen LogP contribution in [0.3, 0.4) is 0 Å². The Kier molecular flexibility index (Phi) is 5.23. The first-order chi connectivity index (χ1) is 10.6. The van der Waals surface area contributed by atoms with Crippen molar-refractivity contribution in [3.8, 4) is 6.07 Å². The maximum atomic E-state index is 13.7. The Hall–Kier alpha value is -2.71. The lowest BCUT2D eigenvalue weighted by atomic mass is 10.1. The van der Waals surface area contributed by atoms with Crippen molar-refractivity contribution in [1.82, 2.24) is 10.3 Å².